The standard InChI is InChI=1S/C22H20N2O4S/c1-22(21(26)23-29(27,28)17-10-3-2-4-11-17)14-15-24(22)20(25)19-13-7-9-16-8-5-6-12-18(16)19/h2-13H,14-15H2,1H3,(H,23,26). The quantitative estimate of drug-likeness (QED) is 0.719. The predicted molar refractivity (Wildman–Crippen MR) is 110 cm³/mol. The van der Waals surface area contributed by atoms with Crippen molar-refractivity contribution in [2.24, 2.45) is 0 Å². The van der Waals surface area contributed by atoms with Gasteiger partial charge in [0.05, 0.1) is 4.90 Å². The molecule has 7 heteroatoms. The van der Waals surface area contributed by atoms with Gasteiger partial charge < -0.3 is 4.90 Å². The van der Waals surface area contributed by atoms with Crippen LogP contribution in [0.25, 0.3) is 10.8 Å². The maximum Gasteiger partial charge on any atom is 0.264 e. The van der Waals surface area contributed by atoms with E-state index in [0.717, 1.165) is 10.8 Å². The van der Waals surface area contributed by atoms with Crippen molar-refractivity contribution in [3.8, 4) is 0 Å². The number of rotatable bonds is 4. The maximum absolute atomic E-state index is 13.2. The van der Waals surface area contributed by atoms with Gasteiger partial charge in [0.1, 0.15) is 5.54 Å². The number of carbonyl (C=O) groups is 2. The molecule has 2 amide bonds. The van der Waals surface area contributed by atoms with Crippen LogP contribution < -0.4 is 4.72 Å². The lowest BCUT2D eigenvalue weighted by Crippen LogP contribution is -2.67. The third-order valence-electron chi connectivity index (χ3n) is 5.45. The molecule has 1 aliphatic rings. The molecule has 0 spiro atoms. The minimum absolute atomic E-state index is 0.00297. The second-order valence-electron chi connectivity index (χ2n) is 7.26. The fourth-order valence-corrected chi connectivity index (χ4v) is 4.67. The molecule has 3 aromatic carbocycles. The Kier molecular flexibility index (Phi) is 4.62. The maximum atomic E-state index is 13.2. The number of benzene rings is 3. The number of fused-ring (bicyclic) bond motifs is 1. The van der Waals surface area contributed by atoms with Crippen LogP contribution >= 0.6 is 0 Å². The first-order chi connectivity index (χ1) is 13.8. The molecule has 3 aromatic rings. The first-order valence-electron chi connectivity index (χ1n) is 9.25. The van der Waals surface area contributed by atoms with Gasteiger partial charge in [-0.05, 0) is 42.3 Å². The molecular formula is C22H20N2O4S. The molecule has 1 aliphatic heterocycles. The highest BCUT2D eigenvalue weighted by atomic mass is 32.2. The van der Waals surface area contributed by atoms with Crippen LogP contribution in [-0.2, 0) is 14.8 Å². The second kappa shape index (κ2) is 7.00. The van der Waals surface area contributed by atoms with Crippen LogP contribution in [0.15, 0.2) is 77.7 Å². The molecule has 0 saturated carbocycles. The second-order valence-corrected chi connectivity index (χ2v) is 8.94. The number of carbonyl (C=O) groups excluding carboxylic acids is 2. The Balaban J connectivity index is 1.60. The summed E-state index contributed by atoms with van der Waals surface area (Å²) >= 11 is 0. The van der Waals surface area contributed by atoms with E-state index in [1.165, 1.54) is 17.0 Å². The van der Waals surface area contributed by atoms with Gasteiger partial charge in [-0.3, -0.25) is 9.59 Å². The Bertz CT molecular complexity index is 1200. The SMILES string of the molecule is CC1(C(=O)NS(=O)(=O)c2ccccc2)CCN1C(=O)c1cccc2ccccc12. The van der Waals surface area contributed by atoms with Gasteiger partial charge in [0.2, 0.25) is 0 Å². The van der Waals surface area contributed by atoms with E-state index in [1.54, 1.807) is 37.3 Å². The van der Waals surface area contributed by atoms with Crippen molar-refractivity contribution in [3.63, 3.8) is 0 Å². The normalized spacial score (nSPS) is 18.9. The minimum Gasteiger partial charge on any atom is -0.324 e. The summed E-state index contributed by atoms with van der Waals surface area (Å²) in [5.41, 5.74) is -0.733. The van der Waals surface area contributed by atoms with Crippen molar-refractivity contribution in [2.45, 2.75) is 23.8 Å². The van der Waals surface area contributed by atoms with Gasteiger partial charge >= 0.3 is 0 Å². The van der Waals surface area contributed by atoms with Crippen LogP contribution in [0, 0.1) is 0 Å². The van der Waals surface area contributed by atoms with E-state index in [4.69, 9.17) is 0 Å². The molecule has 4 rings (SSSR count). The highest BCUT2D eigenvalue weighted by molar-refractivity contribution is 7.90. The average molecular weight is 408 g/mol. The molecule has 0 bridgehead atoms. The summed E-state index contributed by atoms with van der Waals surface area (Å²) < 4.78 is 27.2. The summed E-state index contributed by atoms with van der Waals surface area (Å²) in [6.45, 7) is 1.98. The van der Waals surface area contributed by atoms with Gasteiger partial charge in [-0.2, -0.15) is 0 Å². The molecular weight excluding hydrogens is 388 g/mol. The van der Waals surface area contributed by atoms with Crippen molar-refractivity contribution in [1.29, 1.82) is 0 Å². The molecule has 6 nitrogen and oxygen atoms in total. The number of sulfonamides is 1. The first kappa shape index (κ1) is 19.1. The van der Waals surface area contributed by atoms with Crippen LogP contribution in [0.5, 0.6) is 0 Å². The average Bonchev–Trinajstić information content (AvgIpc) is 2.72. The first-order valence-corrected chi connectivity index (χ1v) is 10.7. The van der Waals surface area contributed by atoms with Gasteiger partial charge in [0, 0.05) is 12.1 Å². The van der Waals surface area contributed by atoms with Crippen molar-refractivity contribution < 1.29 is 18.0 Å². The topological polar surface area (TPSA) is 83.6 Å². The van der Waals surface area contributed by atoms with Crippen molar-refractivity contribution in [3.05, 3.63) is 78.4 Å². The third kappa shape index (κ3) is 3.27. The number of nitrogens with zero attached hydrogens (tertiary/aromatic N) is 1. The van der Waals surface area contributed by atoms with Gasteiger partial charge in [-0.1, -0.05) is 54.6 Å². The molecule has 0 aliphatic carbocycles. The third-order valence-corrected chi connectivity index (χ3v) is 6.80. The van der Waals surface area contributed by atoms with Crippen LogP contribution in [0.4, 0.5) is 0 Å². The van der Waals surface area contributed by atoms with Crippen molar-refractivity contribution in [2.75, 3.05) is 6.54 Å². The Morgan fingerprint density at radius 2 is 1.59 bits per heavy atom. The van der Waals surface area contributed by atoms with Crippen molar-refractivity contribution in [1.82, 2.24) is 9.62 Å². The highest BCUT2D eigenvalue weighted by Gasteiger charge is 2.50. The van der Waals surface area contributed by atoms with E-state index in [1.807, 2.05) is 30.3 Å². The number of amides is 2. The molecule has 148 valence electrons. The van der Waals surface area contributed by atoms with E-state index in [2.05, 4.69) is 4.72 Å². The zero-order valence-corrected chi connectivity index (χ0v) is 16.6. The van der Waals surface area contributed by atoms with Crippen LogP contribution in [0.3, 0.4) is 0 Å². The highest BCUT2D eigenvalue weighted by Crippen LogP contribution is 2.34. The Labute approximate surface area is 169 Å². The Morgan fingerprint density at radius 1 is 0.931 bits per heavy atom. The molecule has 1 unspecified atom stereocenters. The largest absolute Gasteiger partial charge is 0.324 e. The summed E-state index contributed by atoms with van der Waals surface area (Å²) in [5, 5.41) is 1.73. The van der Waals surface area contributed by atoms with Gasteiger partial charge in [0.15, 0.2) is 0 Å². The number of likely N-dealkylation sites (tertiary alicyclic amines) is 1. The monoisotopic (exact) mass is 408 g/mol. The van der Waals surface area contributed by atoms with Gasteiger partial charge in [0.25, 0.3) is 21.8 Å². The minimum atomic E-state index is -4.00. The fourth-order valence-electron chi connectivity index (χ4n) is 3.57. The van der Waals surface area contributed by atoms with Crippen LogP contribution in [0.2, 0.25) is 0 Å². The lowest BCUT2D eigenvalue weighted by molar-refractivity contribution is -0.135. The van der Waals surface area contributed by atoms with E-state index in [9.17, 15) is 18.0 Å². The molecule has 1 atom stereocenters. The van der Waals surface area contributed by atoms with E-state index < -0.39 is 21.5 Å². The summed E-state index contributed by atoms with van der Waals surface area (Å²) in [5.74, 6) is -0.996. The number of hydrogen-bond acceptors (Lipinski definition) is 4. The molecule has 0 aromatic heterocycles. The zero-order valence-electron chi connectivity index (χ0n) is 15.8. The Hall–Kier alpha value is -3.19. The summed E-state index contributed by atoms with van der Waals surface area (Å²) in [7, 11) is -4.00. The summed E-state index contributed by atoms with van der Waals surface area (Å²) in [4.78, 5) is 27.5. The molecule has 1 heterocycles. The number of nitrogens with one attached hydrogen (secondary N) is 1. The van der Waals surface area contributed by atoms with Crippen LogP contribution in [-0.4, -0.2) is 37.2 Å². The molecule has 29 heavy (non-hydrogen) atoms. The molecule has 0 radical (unpaired) electrons. The zero-order chi connectivity index (χ0) is 20.6. The van der Waals surface area contributed by atoms with E-state index >= 15 is 0 Å². The van der Waals surface area contributed by atoms with Crippen LogP contribution in [0.1, 0.15) is 23.7 Å². The lowest BCUT2D eigenvalue weighted by Gasteiger charge is -2.48. The molecule has 1 saturated heterocycles. The summed E-state index contributed by atoms with van der Waals surface area (Å²) in [6.07, 6.45) is 0.389. The van der Waals surface area contributed by atoms with E-state index in [-0.39, 0.29) is 10.8 Å². The van der Waals surface area contributed by atoms with E-state index in [0.29, 0.717) is 18.5 Å². The van der Waals surface area contributed by atoms with Gasteiger partial charge in [-0.25, -0.2) is 13.1 Å². The number of hydrogen-bond donors (Lipinski definition) is 1. The predicted octanol–water partition coefficient (Wildman–Crippen LogP) is 2.95. The fraction of sp³-hybridized carbons (Fsp3) is 0.182. The smallest absolute Gasteiger partial charge is 0.264 e. The molecule has 1 fully saturated rings. The van der Waals surface area contributed by atoms with Gasteiger partial charge in [-0.15, -0.1) is 0 Å². The lowest BCUT2D eigenvalue weighted by atomic mass is 9.84. The molecule has 1 N–H and O–H groups in total. The Morgan fingerprint density at radius 3 is 2.28 bits per heavy atom. The summed E-state index contributed by atoms with van der Waals surface area (Å²) in [6, 6.07) is 20.7. The van der Waals surface area contributed by atoms with Crippen molar-refractivity contribution >= 4 is 32.6 Å².